The molecule has 1 aliphatic carbocycles. The van der Waals surface area contributed by atoms with Crippen LogP contribution < -0.4 is 10.6 Å². The molecule has 2 rings (SSSR count). The van der Waals surface area contributed by atoms with Gasteiger partial charge in [-0.15, -0.1) is 24.0 Å². The van der Waals surface area contributed by atoms with Gasteiger partial charge in [0.25, 0.3) is 0 Å². The zero-order valence-electron chi connectivity index (χ0n) is 16.1. The molecule has 2 N–H and O–H groups in total. The number of nitrogens with one attached hydrogen (secondary N) is 2. The molecule has 5 nitrogen and oxygen atoms in total. The molecule has 0 aromatic heterocycles. The van der Waals surface area contributed by atoms with Crippen LogP contribution in [0.1, 0.15) is 58.8 Å². The predicted molar refractivity (Wildman–Crippen MR) is 120 cm³/mol. The Bertz CT molecular complexity index is 435. The Morgan fingerprint density at radius 3 is 2.68 bits per heavy atom. The van der Waals surface area contributed by atoms with Crippen molar-refractivity contribution in [2.75, 3.05) is 32.4 Å². The topological polar surface area (TPSA) is 56.7 Å². The SMILES string of the molecule is CCN1CCCCC1CNC(=NC)NC1CCCC(S(=O)CC)C1.I. The number of likely N-dealkylation sites (tertiary alicyclic amines) is 1. The summed E-state index contributed by atoms with van der Waals surface area (Å²) in [5, 5.41) is 7.46. The highest BCUT2D eigenvalue weighted by atomic mass is 127. The number of hydrogen-bond acceptors (Lipinski definition) is 3. The number of halogens is 1. The minimum atomic E-state index is -0.671. The molecule has 25 heavy (non-hydrogen) atoms. The summed E-state index contributed by atoms with van der Waals surface area (Å²) >= 11 is 0. The lowest BCUT2D eigenvalue weighted by atomic mass is 9.95. The van der Waals surface area contributed by atoms with E-state index in [2.05, 4.69) is 27.4 Å². The van der Waals surface area contributed by atoms with Crippen LogP contribution in [0.5, 0.6) is 0 Å². The van der Waals surface area contributed by atoms with Gasteiger partial charge in [0.05, 0.1) is 0 Å². The average molecular weight is 484 g/mol. The van der Waals surface area contributed by atoms with Gasteiger partial charge in [0.2, 0.25) is 0 Å². The second kappa shape index (κ2) is 12.5. The van der Waals surface area contributed by atoms with Crippen LogP contribution in [0.3, 0.4) is 0 Å². The lowest BCUT2D eigenvalue weighted by Crippen LogP contribution is -2.51. The minimum absolute atomic E-state index is 0. The summed E-state index contributed by atoms with van der Waals surface area (Å²) in [6.07, 6.45) is 8.37. The summed E-state index contributed by atoms with van der Waals surface area (Å²) in [5.74, 6) is 1.68. The Kier molecular flexibility index (Phi) is 11.6. The van der Waals surface area contributed by atoms with E-state index < -0.39 is 10.8 Å². The summed E-state index contributed by atoms with van der Waals surface area (Å²) in [4.78, 5) is 6.98. The molecule has 1 saturated heterocycles. The second-order valence-corrected chi connectivity index (χ2v) is 9.04. The van der Waals surface area contributed by atoms with Crippen LogP contribution in [0.25, 0.3) is 0 Å². The van der Waals surface area contributed by atoms with Gasteiger partial charge in [0.15, 0.2) is 5.96 Å². The largest absolute Gasteiger partial charge is 0.355 e. The minimum Gasteiger partial charge on any atom is -0.355 e. The predicted octanol–water partition coefficient (Wildman–Crippen LogP) is 2.72. The fourth-order valence-electron chi connectivity index (χ4n) is 4.06. The molecule has 2 aliphatic rings. The van der Waals surface area contributed by atoms with E-state index in [1.807, 2.05) is 14.0 Å². The van der Waals surface area contributed by atoms with Gasteiger partial charge in [-0.1, -0.05) is 26.7 Å². The molecule has 7 heteroatoms. The molecular weight excluding hydrogens is 447 g/mol. The first-order chi connectivity index (χ1) is 11.7. The van der Waals surface area contributed by atoms with Crippen LogP contribution in [0, 0.1) is 0 Å². The summed E-state index contributed by atoms with van der Waals surface area (Å²) < 4.78 is 12.1. The molecule has 0 amide bonds. The number of guanidine groups is 1. The van der Waals surface area contributed by atoms with E-state index in [1.165, 1.54) is 25.8 Å². The van der Waals surface area contributed by atoms with Crippen molar-refractivity contribution in [3.05, 3.63) is 0 Å². The van der Waals surface area contributed by atoms with Crippen molar-refractivity contribution in [3.8, 4) is 0 Å². The fourth-order valence-corrected chi connectivity index (χ4v) is 5.41. The standard InChI is InChI=1S/C18H36N4OS.HI/c1-4-22-12-7-6-10-16(22)14-20-18(19-3)21-15-9-8-11-17(13-15)24(23)5-2;/h15-17H,4-14H2,1-3H3,(H2,19,20,21);1H. The summed E-state index contributed by atoms with van der Waals surface area (Å²) in [6, 6.07) is 1.02. The number of likely N-dealkylation sites (N-methyl/N-ethyl adjacent to an activating group) is 1. The molecule has 0 aromatic rings. The maximum atomic E-state index is 12.1. The Morgan fingerprint density at radius 1 is 1.20 bits per heavy atom. The van der Waals surface area contributed by atoms with E-state index in [9.17, 15) is 4.21 Å². The smallest absolute Gasteiger partial charge is 0.191 e. The molecule has 148 valence electrons. The molecule has 0 bridgehead atoms. The molecule has 1 heterocycles. The third kappa shape index (κ3) is 7.33. The molecule has 4 unspecified atom stereocenters. The fraction of sp³-hybridized carbons (Fsp3) is 0.944. The van der Waals surface area contributed by atoms with E-state index in [0.29, 0.717) is 17.3 Å². The maximum absolute atomic E-state index is 12.1. The number of rotatable bonds is 6. The van der Waals surface area contributed by atoms with Gasteiger partial charge >= 0.3 is 0 Å². The van der Waals surface area contributed by atoms with Crippen LogP contribution in [0.2, 0.25) is 0 Å². The van der Waals surface area contributed by atoms with Crippen molar-refractivity contribution in [3.63, 3.8) is 0 Å². The van der Waals surface area contributed by atoms with Gasteiger partial charge < -0.3 is 10.6 Å². The highest BCUT2D eigenvalue weighted by molar-refractivity contribution is 14.0. The van der Waals surface area contributed by atoms with Gasteiger partial charge in [0, 0.05) is 47.5 Å². The molecule has 1 aliphatic heterocycles. The number of aliphatic imine (C=N–C) groups is 1. The first kappa shape index (κ1) is 23.1. The Morgan fingerprint density at radius 2 is 2.00 bits per heavy atom. The van der Waals surface area contributed by atoms with Crippen LogP contribution >= 0.6 is 24.0 Å². The van der Waals surface area contributed by atoms with Crippen LogP contribution in [0.4, 0.5) is 0 Å². The molecule has 2 fully saturated rings. The Hall–Kier alpha value is 0.110. The van der Waals surface area contributed by atoms with Gasteiger partial charge in [-0.25, -0.2) is 0 Å². The lowest BCUT2D eigenvalue weighted by molar-refractivity contribution is 0.157. The van der Waals surface area contributed by atoms with Crippen molar-refractivity contribution in [1.82, 2.24) is 15.5 Å². The van der Waals surface area contributed by atoms with E-state index in [1.54, 1.807) is 0 Å². The number of piperidine rings is 1. The Balaban J connectivity index is 0.00000312. The van der Waals surface area contributed by atoms with Gasteiger partial charge in [-0.3, -0.25) is 14.1 Å². The van der Waals surface area contributed by atoms with Crippen LogP contribution in [-0.2, 0) is 10.8 Å². The van der Waals surface area contributed by atoms with Crippen molar-refractivity contribution >= 4 is 40.7 Å². The zero-order chi connectivity index (χ0) is 17.4. The normalized spacial score (nSPS) is 29.6. The monoisotopic (exact) mass is 484 g/mol. The first-order valence-corrected chi connectivity index (χ1v) is 11.1. The summed E-state index contributed by atoms with van der Waals surface area (Å²) in [5.41, 5.74) is 0. The lowest BCUT2D eigenvalue weighted by Gasteiger charge is -2.36. The van der Waals surface area contributed by atoms with Crippen molar-refractivity contribution in [2.24, 2.45) is 4.99 Å². The maximum Gasteiger partial charge on any atom is 0.191 e. The van der Waals surface area contributed by atoms with Crippen molar-refractivity contribution in [1.29, 1.82) is 0 Å². The number of nitrogens with zero attached hydrogens (tertiary/aromatic N) is 2. The van der Waals surface area contributed by atoms with Crippen molar-refractivity contribution in [2.45, 2.75) is 76.1 Å². The molecular formula is C18H37IN4OS. The van der Waals surface area contributed by atoms with Crippen LogP contribution in [0.15, 0.2) is 4.99 Å². The van der Waals surface area contributed by atoms with E-state index >= 15 is 0 Å². The highest BCUT2D eigenvalue weighted by Crippen LogP contribution is 2.23. The molecule has 0 radical (unpaired) electrons. The highest BCUT2D eigenvalue weighted by Gasteiger charge is 2.26. The average Bonchev–Trinajstić information content (AvgIpc) is 2.64. The van der Waals surface area contributed by atoms with E-state index in [0.717, 1.165) is 50.5 Å². The molecule has 0 aromatic carbocycles. The van der Waals surface area contributed by atoms with E-state index in [4.69, 9.17) is 0 Å². The van der Waals surface area contributed by atoms with Crippen molar-refractivity contribution < 1.29 is 4.21 Å². The third-order valence-corrected chi connectivity index (χ3v) is 7.25. The van der Waals surface area contributed by atoms with Gasteiger partial charge in [-0.2, -0.15) is 0 Å². The molecule has 4 atom stereocenters. The van der Waals surface area contributed by atoms with Gasteiger partial charge in [-0.05, 0) is 45.2 Å². The summed E-state index contributed by atoms with van der Waals surface area (Å²) in [6.45, 7) is 7.59. The van der Waals surface area contributed by atoms with Gasteiger partial charge in [0.1, 0.15) is 0 Å². The molecule has 0 spiro atoms. The zero-order valence-corrected chi connectivity index (χ0v) is 19.3. The van der Waals surface area contributed by atoms with E-state index in [-0.39, 0.29) is 24.0 Å². The molecule has 1 saturated carbocycles. The third-order valence-electron chi connectivity index (χ3n) is 5.51. The number of hydrogen-bond donors (Lipinski definition) is 2. The quantitative estimate of drug-likeness (QED) is 0.346. The summed E-state index contributed by atoms with van der Waals surface area (Å²) in [7, 11) is 1.17. The Labute approximate surface area is 173 Å². The first-order valence-electron chi connectivity index (χ1n) is 9.76. The van der Waals surface area contributed by atoms with Crippen LogP contribution in [-0.4, -0.2) is 64.8 Å². The second-order valence-electron chi connectivity index (χ2n) is 7.03.